The zero-order valence-electron chi connectivity index (χ0n) is 17.0. The number of ether oxygens (including phenoxy) is 1. The smallest absolute Gasteiger partial charge is 0.261 e. The molecule has 31 heavy (non-hydrogen) atoms. The van der Waals surface area contributed by atoms with Crippen LogP contribution in [0, 0.1) is 6.92 Å². The molecule has 0 amide bonds. The number of aromatic nitrogens is 4. The van der Waals surface area contributed by atoms with Crippen molar-refractivity contribution in [3.63, 3.8) is 0 Å². The summed E-state index contributed by atoms with van der Waals surface area (Å²) in [5.74, 6) is 0.749. The van der Waals surface area contributed by atoms with Crippen molar-refractivity contribution in [2.75, 3.05) is 7.11 Å². The molecule has 3 heterocycles. The van der Waals surface area contributed by atoms with Crippen molar-refractivity contribution in [2.24, 2.45) is 0 Å². The van der Waals surface area contributed by atoms with Gasteiger partial charge in [0.1, 0.15) is 5.75 Å². The summed E-state index contributed by atoms with van der Waals surface area (Å²) in [5, 5.41) is 5.86. The number of halogens is 1. The van der Waals surface area contributed by atoms with Crippen LogP contribution >= 0.6 is 11.6 Å². The number of para-hydroxylation sites is 1. The van der Waals surface area contributed by atoms with Gasteiger partial charge < -0.3 is 9.30 Å². The van der Waals surface area contributed by atoms with Crippen molar-refractivity contribution in [1.29, 1.82) is 0 Å². The molecule has 6 nitrogen and oxygen atoms in total. The molecule has 0 bridgehead atoms. The van der Waals surface area contributed by atoms with E-state index in [2.05, 4.69) is 10.1 Å². The highest BCUT2D eigenvalue weighted by molar-refractivity contribution is 6.30. The van der Waals surface area contributed by atoms with Crippen molar-refractivity contribution in [3.8, 4) is 16.9 Å². The Morgan fingerprint density at radius 3 is 2.61 bits per heavy atom. The van der Waals surface area contributed by atoms with Crippen LogP contribution in [0.1, 0.15) is 11.3 Å². The minimum Gasteiger partial charge on any atom is -0.496 e. The second-order valence-corrected chi connectivity index (χ2v) is 7.76. The number of fused-ring (bicyclic) bond motifs is 3. The van der Waals surface area contributed by atoms with Crippen molar-refractivity contribution >= 4 is 28.2 Å². The lowest BCUT2D eigenvalue weighted by Gasteiger charge is -2.11. The van der Waals surface area contributed by atoms with Crippen LogP contribution in [-0.2, 0) is 6.54 Å². The Morgan fingerprint density at radius 2 is 1.84 bits per heavy atom. The summed E-state index contributed by atoms with van der Waals surface area (Å²) >= 11 is 6.04. The molecule has 2 aromatic carbocycles. The maximum absolute atomic E-state index is 13.2. The Kier molecular flexibility index (Phi) is 4.71. The first-order chi connectivity index (χ1) is 15.1. The van der Waals surface area contributed by atoms with Gasteiger partial charge in [0.2, 0.25) is 0 Å². The lowest BCUT2D eigenvalue weighted by molar-refractivity contribution is 0.408. The summed E-state index contributed by atoms with van der Waals surface area (Å²) in [4.78, 5) is 17.8. The number of rotatable bonds is 4. The zero-order valence-corrected chi connectivity index (χ0v) is 17.8. The monoisotopic (exact) mass is 430 g/mol. The number of benzene rings is 2. The molecule has 0 radical (unpaired) electrons. The van der Waals surface area contributed by atoms with E-state index < -0.39 is 0 Å². The second-order valence-electron chi connectivity index (χ2n) is 7.32. The molecule has 0 saturated carbocycles. The number of pyridine rings is 1. The number of hydrogen-bond donors (Lipinski definition) is 0. The third kappa shape index (κ3) is 3.25. The fourth-order valence-electron chi connectivity index (χ4n) is 3.91. The number of nitrogens with zero attached hydrogens (tertiary/aromatic N) is 4. The van der Waals surface area contributed by atoms with Crippen LogP contribution in [0.3, 0.4) is 0 Å². The van der Waals surface area contributed by atoms with Gasteiger partial charge in [0.15, 0.2) is 5.65 Å². The first-order valence-electron chi connectivity index (χ1n) is 9.82. The molecule has 0 atom stereocenters. The van der Waals surface area contributed by atoms with Crippen LogP contribution in [0.5, 0.6) is 5.75 Å². The molecule has 0 aliphatic heterocycles. The van der Waals surface area contributed by atoms with E-state index in [4.69, 9.17) is 16.3 Å². The number of methoxy groups -OCH3 is 1. The van der Waals surface area contributed by atoms with Crippen molar-refractivity contribution < 1.29 is 4.74 Å². The van der Waals surface area contributed by atoms with Crippen molar-refractivity contribution in [2.45, 2.75) is 13.5 Å². The van der Waals surface area contributed by atoms with Gasteiger partial charge in [0, 0.05) is 28.5 Å². The molecule has 0 unspecified atom stereocenters. The standard InChI is InChI=1S/C24H19ClN4O2/c1-15-22(16-7-9-18(25)10-8-16)23-26-13-19-20(29(23)27-15)11-12-28(24(19)30)14-17-5-3-4-6-21(17)31-2/h3-13H,14H2,1-2H3. The molecule has 5 aromatic rings. The molecule has 0 aliphatic carbocycles. The summed E-state index contributed by atoms with van der Waals surface area (Å²) in [6, 6.07) is 17.2. The van der Waals surface area contributed by atoms with Crippen LogP contribution < -0.4 is 10.3 Å². The van der Waals surface area contributed by atoms with Gasteiger partial charge >= 0.3 is 0 Å². The minimum absolute atomic E-state index is 0.126. The SMILES string of the molecule is COc1ccccc1Cn1ccc2c(cnc3c(-c4ccc(Cl)cc4)c(C)nn32)c1=O. The van der Waals surface area contributed by atoms with Crippen LogP contribution in [0.25, 0.3) is 27.7 Å². The molecule has 154 valence electrons. The van der Waals surface area contributed by atoms with Gasteiger partial charge in [0.05, 0.1) is 30.3 Å². The molecule has 0 saturated heterocycles. The highest BCUT2D eigenvalue weighted by Crippen LogP contribution is 2.29. The van der Waals surface area contributed by atoms with Gasteiger partial charge in [-0.1, -0.05) is 41.9 Å². The van der Waals surface area contributed by atoms with E-state index in [9.17, 15) is 4.79 Å². The Hall–Kier alpha value is -3.64. The van der Waals surface area contributed by atoms with E-state index >= 15 is 0 Å². The largest absolute Gasteiger partial charge is 0.496 e. The predicted octanol–water partition coefficient (Wildman–Crippen LogP) is 4.73. The first-order valence-corrected chi connectivity index (χ1v) is 10.2. The van der Waals surface area contributed by atoms with E-state index in [1.165, 1.54) is 0 Å². The summed E-state index contributed by atoms with van der Waals surface area (Å²) in [7, 11) is 1.63. The Labute approximate surface area is 183 Å². The lowest BCUT2D eigenvalue weighted by Crippen LogP contribution is -2.21. The first kappa shape index (κ1) is 19.3. The topological polar surface area (TPSA) is 61.4 Å². The lowest BCUT2D eigenvalue weighted by atomic mass is 10.1. The Morgan fingerprint density at radius 1 is 1.06 bits per heavy atom. The molecular weight excluding hydrogens is 412 g/mol. The summed E-state index contributed by atoms with van der Waals surface area (Å²) in [5.41, 5.74) is 4.97. The van der Waals surface area contributed by atoms with E-state index in [1.807, 2.05) is 61.5 Å². The molecule has 0 spiro atoms. The van der Waals surface area contributed by atoms with Gasteiger partial charge in [-0.15, -0.1) is 0 Å². The molecule has 3 aromatic heterocycles. The average Bonchev–Trinajstić information content (AvgIpc) is 3.12. The molecule has 7 heteroatoms. The minimum atomic E-state index is -0.126. The molecule has 0 N–H and O–H groups in total. The summed E-state index contributed by atoms with van der Waals surface area (Å²) in [6.45, 7) is 2.35. The maximum Gasteiger partial charge on any atom is 0.261 e. The Bertz CT molecular complexity index is 1490. The van der Waals surface area contributed by atoms with E-state index in [1.54, 1.807) is 28.6 Å². The molecule has 0 aliphatic rings. The maximum atomic E-state index is 13.2. The third-order valence-electron chi connectivity index (χ3n) is 5.43. The number of hydrogen-bond acceptors (Lipinski definition) is 4. The van der Waals surface area contributed by atoms with Gasteiger partial charge in [0.25, 0.3) is 5.56 Å². The van der Waals surface area contributed by atoms with Gasteiger partial charge in [-0.2, -0.15) is 5.10 Å². The van der Waals surface area contributed by atoms with E-state index in [-0.39, 0.29) is 5.56 Å². The zero-order chi connectivity index (χ0) is 21.5. The number of aryl methyl sites for hydroxylation is 1. The predicted molar refractivity (Wildman–Crippen MR) is 122 cm³/mol. The molecular formula is C24H19ClN4O2. The third-order valence-corrected chi connectivity index (χ3v) is 5.68. The fraction of sp³-hybridized carbons (Fsp3) is 0.125. The average molecular weight is 431 g/mol. The normalized spacial score (nSPS) is 11.3. The van der Waals surface area contributed by atoms with Crippen molar-refractivity contribution in [1.82, 2.24) is 19.2 Å². The summed E-state index contributed by atoms with van der Waals surface area (Å²) < 4.78 is 8.81. The highest BCUT2D eigenvalue weighted by atomic mass is 35.5. The van der Waals surface area contributed by atoms with E-state index in [0.717, 1.165) is 33.7 Å². The van der Waals surface area contributed by atoms with Gasteiger partial charge in [-0.05, 0) is 36.8 Å². The van der Waals surface area contributed by atoms with Crippen LogP contribution in [0.2, 0.25) is 5.02 Å². The van der Waals surface area contributed by atoms with Gasteiger partial charge in [-0.25, -0.2) is 9.50 Å². The van der Waals surface area contributed by atoms with E-state index in [0.29, 0.717) is 22.6 Å². The van der Waals surface area contributed by atoms with Crippen LogP contribution in [0.4, 0.5) is 0 Å². The molecule has 0 fully saturated rings. The van der Waals surface area contributed by atoms with Crippen LogP contribution in [0.15, 0.2) is 71.8 Å². The summed E-state index contributed by atoms with van der Waals surface area (Å²) in [6.07, 6.45) is 3.42. The molecule has 5 rings (SSSR count). The second kappa shape index (κ2) is 7.56. The van der Waals surface area contributed by atoms with Crippen molar-refractivity contribution in [3.05, 3.63) is 93.6 Å². The fourth-order valence-corrected chi connectivity index (χ4v) is 4.04. The Balaban J connectivity index is 1.65. The quantitative estimate of drug-likeness (QED) is 0.413. The highest BCUT2D eigenvalue weighted by Gasteiger charge is 2.16. The van der Waals surface area contributed by atoms with Gasteiger partial charge in [-0.3, -0.25) is 4.79 Å². The van der Waals surface area contributed by atoms with Crippen LogP contribution in [-0.4, -0.2) is 26.3 Å².